The number of nitrogens with zero attached hydrogens (tertiary/aromatic N) is 2. The van der Waals surface area contributed by atoms with Gasteiger partial charge in [-0.15, -0.1) is 0 Å². The molecule has 0 radical (unpaired) electrons. The number of halogens is 2. The van der Waals surface area contributed by atoms with Crippen molar-refractivity contribution in [2.75, 3.05) is 46.1 Å². The maximum Gasteiger partial charge on any atom is 0.231 e. The summed E-state index contributed by atoms with van der Waals surface area (Å²) in [6.07, 6.45) is 3.59. The quantitative estimate of drug-likeness (QED) is 0.420. The Kier molecular flexibility index (Phi) is 11.5. The maximum absolute atomic E-state index is 10.6. The van der Waals surface area contributed by atoms with E-state index in [9.17, 15) is 5.11 Å². The first-order chi connectivity index (χ1) is 15.0. The minimum atomic E-state index is -0.412. The van der Waals surface area contributed by atoms with Crippen LogP contribution in [0.3, 0.4) is 0 Å². The van der Waals surface area contributed by atoms with Crippen molar-refractivity contribution in [2.24, 2.45) is 17.8 Å². The summed E-state index contributed by atoms with van der Waals surface area (Å²) < 4.78 is 17.1. The van der Waals surface area contributed by atoms with Gasteiger partial charge in [-0.3, -0.25) is 9.80 Å². The largest absolute Gasteiger partial charge is 1.00 e. The third kappa shape index (κ3) is 7.87. The molecule has 4 atom stereocenters. The van der Waals surface area contributed by atoms with Crippen LogP contribution in [0.2, 0.25) is 0 Å². The van der Waals surface area contributed by atoms with Gasteiger partial charge in [0.15, 0.2) is 11.5 Å². The van der Waals surface area contributed by atoms with Gasteiger partial charge >= 0.3 is 0 Å². The van der Waals surface area contributed by atoms with Crippen LogP contribution in [0.25, 0.3) is 0 Å². The lowest BCUT2D eigenvalue weighted by Gasteiger charge is -2.38. The Labute approximate surface area is 211 Å². The summed E-state index contributed by atoms with van der Waals surface area (Å²) in [6, 6.07) is 6.21. The Morgan fingerprint density at radius 1 is 1.03 bits per heavy atom. The van der Waals surface area contributed by atoms with Crippen LogP contribution in [0.4, 0.5) is 0 Å². The van der Waals surface area contributed by atoms with E-state index in [0.29, 0.717) is 37.9 Å². The number of hydrogen-bond donors (Lipinski definition) is 1. The number of fused-ring (bicyclic) bond motifs is 1. The molecule has 2 heterocycles. The van der Waals surface area contributed by atoms with E-state index in [1.165, 1.54) is 18.4 Å². The standard InChI is InChI=1S/C25H40N2O4.2ClH/c1-18(2)22-6-4-19(3)12-24(22)29-16-21(28)15-27-10-8-26(9-11-27)14-20-5-7-23-25(13-20)31-17-30-23;;/h5,7,13,18-19,21-22,24,28H,4,6,8-12,14-17H2,1-3H3;2*1H/p-2. The van der Waals surface area contributed by atoms with E-state index in [2.05, 4.69) is 42.7 Å². The second-order valence-electron chi connectivity index (χ2n) is 10.1. The smallest absolute Gasteiger partial charge is 0.231 e. The predicted molar refractivity (Wildman–Crippen MR) is 121 cm³/mol. The fourth-order valence-corrected chi connectivity index (χ4v) is 5.32. The zero-order chi connectivity index (χ0) is 21.8. The van der Waals surface area contributed by atoms with Crippen molar-refractivity contribution in [2.45, 2.75) is 58.8 Å². The Bertz CT molecular complexity index is 716. The highest BCUT2D eigenvalue weighted by Gasteiger charge is 2.32. The summed E-state index contributed by atoms with van der Waals surface area (Å²) >= 11 is 0. The number of aliphatic hydroxyl groups is 1. The van der Waals surface area contributed by atoms with Gasteiger partial charge in [0.25, 0.3) is 0 Å². The molecule has 8 heteroatoms. The van der Waals surface area contributed by atoms with E-state index in [4.69, 9.17) is 14.2 Å². The van der Waals surface area contributed by atoms with Crippen molar-refractivity contribution in [3.63, 3.8) is 0 Å². The first kappa shape index (κ1) is 28.5. The number of β-amino-alcohol motifs (C(OH)–C–C–N with tert-alkyl or cyclic N) is 1. The van der Waals surface area contributed by atoms with E-state index in [-0.39, 0.29) is 24.8 Å². The molecule has 0 bridgehead atoms. The zero-order valence-corrected chi connectivity index (χ0v) is 21.7. The summed E-state index contributed by atoms with van der Waals surface area (Å²) in [7, 11) is 0. The SMILES string of the molecule is CC1CCC(C(C)C)C(OCC(O)CN2CCN(Cc3ccc4c(c3)OCO4)CC2)C1.[Cl-].[Cl-]. The zero-order valence-electron chi connectivity index (χ0n) is 20.2. The van der Waals surface area contributed by atoms with Gasteiger partial charge in [-0.1, -0.05) is 33.3 Å². The molecular weight excluding hydrogens is 463 g/mol. The Morgan fingerprint density at radius 2 is 1.73 bits per heavy atom. The van der Waals surface area contributed by atoms with Crippen molar-refractivity contribution in [3.05, 3.63) is 23.8 Å². The Morgan fingerprint density at radius 3 is 2.45 bits per heavy atom. The molecule has 1 aromatic carbocycles. The molecule has 0 amide bonds. The third-order valence-electron chi connectivity index (χ3n) is 7.24. The second kappa shape index (κ2) is 13.4. The number of hydrogen-bond acceptors (Lipinski definition) is 6. The molecule has 190 valence electrons. The molecule has 1 saturated heterocycles. The molecule has 1 aromatic rings. The molecule has 0 aromatic heterocycles. The molecule has 0 spiro atoms. The van der Waals surface area contributed by atoms with E-state index in [1.807, 2.05) is 6.07 Å². The third-order valence-corrected chi connectivity index (χ3v) is 7.24. The van der Waals surface area contributed by atoms with Crippen molar-refractivity contribution in [1.82, 2.24) is 9.80 Å². The predicted octanol–water partition coefficient (Wildman–Crippen LogP) is -2.62. The summed E-state index contributed by atoms with van der Waals surface area (Å²) in [5.41, 5.74) is 1.26. The fourth-order valence-electron chi connectivity index (χ4n) is 5.32. The van der Waals surface area contributed by atoms with Gasteiger partial charge in [0, 0.05) is 39.3 Å². The molecule has 4 unspecified atom stereocenters. The average Bonchev–Trinajstić information content (AvgIpc) is 3.21. The molecule has 2 fully saturated rings. The number of piperazine rings is 1. The van der Waals surface area contributed by atoms with Gasteiger partial charge < -0.3 is 44.1 Å². The topological polar surface area (TPSA) is 54.4 Å². The molecule has 3 aliphatic rings. The van der Waals surface area contributed by atoms with Crippen molar-refractivity contribution in [3.8, 4) is 11.5 Å². The van der Waals surface area contributed by atoms with Gasteiger partial charge in [0.2, 0.25) is 6.79 Å². The molecule has 33 heavy (non-hydrogen) atoms. The monoisotopic (exact) mass is 502 g/mol. The highest BCUT2D eigenvalue weighted by Crippen LogP contribution is 2.35. The Balaban J connectivity index is 0.00000193. The molecule has 1 N–H and O–H groups in total. The van der Waals surface area contributed by atoms with Crippen LogP contribution in [0.15, 0.2) is 18.2 Å². The van der Waals surface area contributed by atoms with Crippen LogP contribution in [0, 0.1) is 17.8 Å². The van der Waals surface area contributed by atoms with Crippen LogP contribution in [-0.4, -0.2) is 73.2 Å². The van der Waals surface area contributed by atoms with Crippen LogP contribution in [0.5, 0.6) is 11.5 Å². The lowest BCUT2D eigenvalue weighted by Crippen LogP contribution is -3.00. The van der Waals surface area contributed by atoms with E-state index < -0.39 is 6.10 Å². The van der Waals surface area contributed by atoms with E-state index in [1.54, 1.807) is 0 Å². The first-order valence-electron chi connectivity index (χ1n) is 12.1. The first-order valence-corrected chi connectivity index (χ1v) is 12.1. The summed E-state index contributed by atoms with van der Waals surface area (Å²) in [5.74, 6) is 3.70. The normalized spacial score (nSPS) is 26.5. The van der Waals surface area contributed by atoms with E-state index >= 15 is 0 Å². The maximum atomic E-state index is 10.6. The van der Waals surface area contributed by atoms with Gasteiger partial charge in [-0.05, 0) is 48.3 Å². The summed E-state index contributed by atoms with van der Waals surface area (Å²) in [4.78, 5) is 4.83. The van der Waals surface area contributed by atoms with Crippen LogP contribution < -0.4 is 34.3 Å². The average molecular weight is 504 g/mol. The molecule has 2 aliphatic heterocycles. The lowest BCUT2D eigenvalue weighted by atomic mass is 9.75. The molecule has 1 saturated carbocycles. The van der Waals surface area contributed by atoms with Gasteiger partial charge in [-0.2, -0.15) is 0 Å². The summed E-state index contributed by atoms with van der Waals surface area (Å²) in [6.45, 7) is 13.3. The van der Waals surface area contributed by atoms with Gasteiger partial charge in [0.1, 0.15) is 0 Å². The highest BCUT2D eigenvalue weighted by atomic mass is 35.5. The van der Waals surface area contributed by atoms with Crippen LogP contribution in [-0.2, 0) is 11.3 Å². The van der Waals surface area contributed by atoms with E-state index in [0.717, 1.165) is 56.6 Å². The van der Waals surface area contributed by atoms with Crippen LogP contribution in [0.1, 0.15) is 45.6 Å². The number of aliphatic hydroxyl groups excluding tert-OH is 1. The van der Waals surface area contributed by atoms with Crippen LogP contribution >= 0.6 is 0 Å². The highest BCUT2D eigenvalue weighted by molar-refractivity contribution is 5.44. The Hall–Kier alpha value is -0.760. The molecule has 6 nitrogen and oxygen atoms in total. The molecular formula is C25H40Cl2N2O4-2. The lowest BCUT2D eigenvalue weighted by molar-refractivity contribution is -0.0755. The van der Waals surface area contributed by atoms with Crippen molar-refractivity contribution in [1.29, 1.82) is 0 Å². The van der Waals surface area contributed by atoms with Crippen molar-refractivity contribution >= 4 is 0 Å². The minimum absolute atomic E-state index is 0. The summed E-state index contributed by atoms with van der Waals surface area (Å²) in [5, 5.41) is 10.6. The minimum Gasteiger partial charge on any atom is -1.00 e. The molecule has 1 aliphatic carbocycles. The fraction of sp³-hybridized carbons (Fsp3) is 0.760. The number of benzene rings is 1. The molecule has 4 rings (SSSR count). The number of ether oxygens (including phenoxy) is 3. The van der Waals surface area contributed by atoms with Crippen molar-refractivity contribution < 1.29 is 44.1 Å². The second-order valence-corrected chi connectivity index (χ2v) is 10.1. The number of rotatable bonds is 8. The van der Waals surface area contributed by atoms with Gasteiger partial charge in [0.05, 0.1) is 18.8 Å². The van der Waals surface area contributed by atoms with Gasteiger partial charge in [-0.25, -0.2) is 0 Å².